The van der Waals surface area contributed by atoms with E-state index in [0.717, 1.165) is 213 Å². The molecule has 3 unspecified atom stereocenters. The van der Waals surface area contributed by atoms with Crippen molar-refractivity contribution in [3.05, 3.63) is 305 Å². The van der Waals surface area contributed by atoms with Crippen LogP contribution in [0.2, 0.25) is 0 Å². The van der Waals surface area contributed by atoms with Crippen LogP contribution in [0.5, 0.6) is 0 Å². The van der Waals surface area contributed by atoms with Crippen LogP contribution in [-0.2, 0) is 31.0 Å². The Kier molecular flexibility index (Phi) is 57.7. The quantitative estimate of drug-likeness (QED) is 0.0416. The predicted octanol–water partition coefficient (Wildman–Crippen LogP) is 35.8. The van der Waals surface area contributed by atoms with Gasteiger partial charge in [0.25, 0.3) is 0 Å². The minimum atomic E-state index is -3.69. The first kappa shape index (κ1) is 110. The van der Waals surface area contributed by atoms with Gasteiger partial charge in [0.2, 0.25) is 0 Å². The molecule has 123 heavy (non-hydrogen) atoms. The summed E-state index contributed by atoms with van der Waals surface area (Å²) in [6.07, 6.45) is 78.4. The van der Waals surface area contributed by atoms with Crippen molar-refractivity contribution in [2.24, 2.45) is 5.92 Å². The highest BCUT2D eigenvalue weighted by Crippen LogP contribution is 2.30. The molecule has 0 radical (unpaired) electrons. The zero-order valence-electron chi connectivity index (χ0n) is 82.2. The van der Waals surface area contributed by atoms with E-state index in [1.165, 1.54) is 103 Å². The molecule has 0 spiro atoms. The summed E-state index contributed by atoms with van der Waals surface area (Å²) in [5, 5.41) is -1.43. The Morgan fingerprint density at radius 3 is 0.732 bits per heavy atom. The molecule has 0 heterocycles. The number of hydrogen-bond acceptors (Lipinski definition) is 5. The predicted molar refractivity (Wildman–Crippen MR) is 544 cm³/mol. The molecule has 0 aliphatic heterocycles. The first-order valence-electron chi connectivity index (χ1n) is 47.6. The van der Waals surface area contributed by atoms with E-state index in [2.05, 4.69) is 234 Å². The number of benzene rings is 3. The number of aryl methyl sites for hydroxylation is 2. The van der Waals surface area contributed by atoms with Crippen LogP contribution < -0.4 is 0 Å². The molecule has 3 aromatic carbocycles. The van der Waals surface area contributed by atoms with E-state index in [9.17, 15) is 16.8 Å². The largest absolute Gasteiger partial charge is 0.377 e. The lowest BCUT2D eigenvalue weighted by molar-refractivity contribution is 0.108. The Morgan fingerprint density at radius 1 is 0.268 bits per heavy atom. The summed E-state index contributed by atoms with van der Waals surface area (Å²) in [5.74, 6) is 0.482. The Balaban J connectivity index is 1.36. The van der Waals surface area contributed by atoms with Gasteiger partial charge in [-0.05, 0) is 406 Å². The van der Waals surface area contributed by atoms with Gasteiger partial charge in [0.15, 0.2) is 19.7 Å². The SMILES string of the molecule is CC(C)=CCC/C(C)=C/CC/C(C)=C/CC/C(C)=C\CC/C(C)=C\CC/C(C)=C\CC/C(C)=C\CC/C(C)=C\CC/C(C)=C\CC/C(C)=C\CC/C(C)=C\CC/C(C)=C\CC/C(C)=C\CC/C(C)=C\CC/C(C)=C\C(C/C(C)=C\CC/C(C)=C\C(C/C(C)=C\CCC(C)CCOCc1ccccc1)S(=O)(=O)c1ccc(C)cc1)S(=O)(=O)c1ccc(C)cc1. The summed E-state index contributed by atoms with van der Waals surface area (Å²) in [4.78, 5) is 0.675. The van der Waals surface area contributed by atoms with Gasteiger partial charge < -0.3 is 4.74 Å². The molecule has 0 bridgehead atoms. The highest BCUT2D eigenvalue weighted by atomic mass is 32.2. The van der Waals surface area contributed by atoms with Crippen molar-refractivity contribution in [2.75, 3.05) is 6.61 Å². The van der Waals surface area contributed by atoms with Crippen LogP contribution in [0.25, 0.3) is 0 Å². The molecule has 0 aliphatic rings. The summed E-state index contributed by atoms with van der Waals surface area (Å²) in [6, 6.07) is 24.7. The van der Waals surface area contributed by atoms with E-state index in [1.54, 1.807) is 24.3 Å². The van der Waals surface area contributed by atoms with Crippen LogP contribution >= 0.6 is 0 Å². The second-order valence-corrected chi connectivity index (χ2v) is 41.7. The molecule has 3 aromatic rings. The van der Waals surface area contributed by atoms with Gasteiger partial charge >= 0.3 is 0 Å². The summed E-state index contributed by atoms with van der Waals surface area (Å²) in [5.41, 5.74) is 28.2. The van der Waals surface area contributed by atoms with E-state index in [4.69, 9.17) is 4.74 Å². The zero-order chi connectivity index (χ0) is 90.8. The minimum Gasteiger partial charge on any atom is -0.377 e. The smallest absolute Gasteiger partial charge is 0.185 e. The average Bonchev–Trinajstić information content (AvgIpc) is 0.812. The molecule has 0 saturated heterocycles. The summed E-state index contributed by atoms with van der Waals surface area (Å²) in [6.45, 7) is 49.9. The third kappa shape index (κ3) is 54.5. The standard InChI is InChI=1S/C116H174O5S2/c1-91(2)42-26-43-92(3)44-27-45-93(4)46-28-47-94(5)48-29-49-95(6)50-30-51-96(7)52-31-53-97(8)54-32-55-98(9)56-33-57-99(10)58-34-59-100(11)60-35-61-101(12)62-36-63-102(13)64-37-65-103(14)66-38-67-104(15)68-39-70-108(19)86-115(122(117,118)113-80-76-106(17)77-81-113)88-110(21)72-41-73-111(22)89-116(123(119,120)114-82-78-107(18)79-83-114)87-109(20)71-40-69-105(16)84-85-121-90-112-74-24-23-25-75-112/h23-25,42,44,46,48,50,52,54,56,58,60,62,64,66,68,71-72,74-83,86,89,105,115-116H,26-41,43,45,47,49,51,53,55,57,59,61,63,65,67,69-70,73,84-85,87-88,90H2,1-22H3/b92-44+,93-46+,94-48-,95-50-,96-52-,97-54-,98-56-,99-58-,100-60-,101-62-,102-64-,103-66-,104-68-,108-86-,109-71-,110-72-,111-89-. The van der Waals surface area contributed by atoms with Crippen LogP contribution in [0, 0.1) is 19.8 Å². The van der Waals surface area contributed by atoms with Gasteiger partial charge in [-0.3, -0.25) is 0 Å². The van der Waals surface area contributed by atoms with Crippen molar-refractivity contribution in [2.45, 2.75) is 404 Å². The average molecular weight is 1710 g/mol. The van der Waals surface area contributed by atoms with Gasteiger partial charge in [0.1, 0.15) is 0 Å². The van der Waals surface area contributed by atoms with Crippen molar-refractivity contribution in [3.8, 4) is 0 Å². The topological polar surface area (TPSA) is 77.5 Å². The van der Waals surface area contributed by atoms with Crippen LogP contribution in [-0.4, -0.2) is 33.9 Å². The molecule has 5 nitrogen and oxygen atoms in total. The maximum absolute atomic E-state index is 14.5. The van der Waals surface area contributed by atoms with Crippen LogP contribution in [0.3, 0.4) is 0 Å². The normalized spacial score (nSPS) is 15.4. The molecule has 7 heteroatoms. The Labute approximate surface area is 757 Å². The van der Waals surface area contributed by atoms with Crippen molar-refractivity contribution >= 4 is 19.7 Å². The van der Waals surface area contributed by atoms with E-state index in [0.29, 0.717) is 54.6 Å². The second kappa shape index (κ2) is 64.6. The molecule has 3 rings (SSSR count). The number of allylic oxidation sites excluding steroid dienone is 34. The van der Waals surface area contributed by atoms with Gasteiger partial charge in [-0.2, -0.15) is 0 Å². The van der Waals surface area contributed by atoms with E-state index >= 15 is 0 Å². The first-order chi connectivity index (χ1) is 58.6. The number of rotatable bonds is 63. The third-order valence-electron chi connectivity index (χ3n) is 24.0. The molecule has 0 N–H and O–H groups in total. The first-order valence-corrected chi connectivity index (χ1v) is 50.7. The lowest BCUT2D eigenvalue weighted by Crippen LogP contribution is -2.20. The van der Waals surface area contributed by atoms with Gasteiger partial charge in [0.05, 0.1) is 26.9 Å². The lowest BCUT2D eigenvalue weighted by atomic mass is 10.00. The highest BCUT2D eigenvalue weighted by molar-refractivity contribution is 7.92. The van der Waals surface area contributed by atoms with Gasteiger partial charge in [-0.1, -0.05) is 282 Å². The monoisotopic (exact) mass is 1710 g/mol. The Bertz CT molecular complexity index is 4400. The summed E-state index contributed by atoms with van der Waals surface area (Å²) >= 11 is 0. The van der Waals surface area contributed by atoms with Gasteiger partial charge in [0, 0.05) is 6.61 Å². The molecule has 0 amide bonds. The number of sulfone groups is 2. The lowest BCUT2D eigenvalue weighted by Gasteiger charge is -2.18. The fourth-order valence-electron chi connectivity index (χ4n) is 15.3. The second-order valence-electron chi connectivity index (χ2n) is 37.4. The molecule has 0 fully saturated rings. The molecular weight excluding hydrogens is 1540 g/mol. The molecule has 680 valence electrons. The molecule has 0 aliphatic carbocycles. The highest BCUT2D eigenvalue weighted by Gasteiger charge is 2.28. The van der Waals surface area contributed by atoms with E-state index < -0.39 is 30.2 Å². The number of ether oxygens (including phenoxy) is 1. The molecule has 0 aromatic heterocycles. The van der Waals surface area contributed by atoms with Crippen molar-refractivity contribution in [3.63, 3.8) is 0 Å². The van der Waals surface area contributed by atoms with Gasteiger partial charge in [-0.15, -0.1) is 0 Å². The Hall–Kier alpha value is -7.16. The minimum absolute atomic E-state index is 0.336. The summed E-state index contributed by atoms with van der Waals surface area (Å²) < 4.78 is 63.6. The van der Waals surface area contributed by atoms with Crippen molar-refractivity contribution in [1.29, 1.82) is 0 Å². The zero-order valence-corrected chi connectivity index (χ0v) is 83.8. The molecular formula is C116H174O5S2. The maximum atomic E-state index is 14.5. The van der Waals surface area contributed by atoms with Crippen molar-refractivity contribution in [1.82, 2.24) is 0 Å². The maximum Gasteiger partial charge on any atom is 0.185 e. The van der Waals surface area contributed by atoms with Crippen LogP contribution in [0.1, 0.15) is 380 Å². The molecule has 0 saturated carbocycles. The van der Waals surface area contributed by atoms with Crippen molar-refractivity contribution < 1.29 is 21.6 Å². The van der Waals surface area contributed by atoms with Crippen LogP contribution in [0.15, 0.2) is 298 Å². The Morgan fingerprint density at radius 2 is 0.488 bits per heavy atom. The fourth-order valence-corrected chi connectivity index (χ4v) is 18.8. The summed E-state index contributed by atoms with van der Waals surface area (Å²) in [7, 11) is -7.37. The van der Waals surface area contributed by atoms with Gasteiger partial charge in [-0.25, -0.2) is 16.8 Å². The van der Waals surface area contributed by atoms with E-state index in [-0.39, 0.29) is 0 Å². The third-order valence-corrected chi connectivity index (χ3v) is 28.1. The molecule has 3 atom stereocenters. The van der Waals surface area contributed by atoms with Crippen LogP contribution in [0.4, 0.5) is 0 Å². The fraction of sp³-hybridized carbons (Fsp3) is 0.534. The van der Waals surface area contributed by atoms with E-state index in [1.807, 2.05) is 82.3 Å². The number of hydrogen-bond donors (Lipinski definition) is 0.